The molecule has 86 valence electrons. The van der Waals surface area contributed by atoms with Crippen LogP contribution in [-0.4, -0.2) is 59.2 Å². The highest BCUT2D eigenvalue weighted by atomic mass is 32.2. The molecule has 1 N–H and O–H groups in total. The number of nitrogens with zero attached hydrogens (tertiary/aromatic N) is 1. The number of thioether (sulfide) groups is 1. The third-order valence-corrected chi connectivity index (χ3v) is 3.56. The van der Waals surface area contributed by atoms with E-state index in [2.05, 4.69) is 0 Å². The molecule has 1 aliphatic heterocycles. The molecule has 1 rings (SSSR count). The highest BCUT2D eigenvalue weighted by Gasteiger charge is 2.34. The average Bonchev–Trinajstić information content (AvgIpc) is 2.19. The monoisotopic (exact) mass is 233 g/mol. The van der Waals surface area contributed by atoms with E-state index in [1.165, 1.54) is 16.7 Å². The van der Waals surface area contributed by atoms with Gasteiger partial charge in [0, 0.05) is 5.25 Å². The van der Waals surface area contributed by atoms with Crippen LogP contribution < -0.4 is 0 Å². The maximum atomic E-state index is 11.5. The van der Waals surface area contributed by atoms with Crippen LogP contribution in [-0.2, 0) is 14.3 Å². The van der Waals surface area contributed by atoms with Crippen molar-refractivity contribution < 1.29 is 19.4 Å². The summed E-state index contributed by atoms with van der Waals surface area (Å²) in [7, 11) is 0. The minimum atomic E-state index is -0.328. The lowest BCUT2D eigenvalue weighted by molar-refractivity contribution is -0.161. The van der Waals surface area contributed by atoms with Gasteiger partial charge < -0.3 is 9.84 Å². The molecule has 1 saturated heterocycles. The molecule has 2 atom stereocenters. The first-order valence-corrected chi connectivity index (χ1v) is 5.97. The van der Waals surface area contributed by atoms with Gasteiger partial charge in [0.2, 0.25) is 0 Å². The molecule has 0 bridgehead atoms. The van der Waals surface area contributed by atoms with E-state index in [0.29, 0.717) is 0 Å². The van der Waals surface area contributed by atoms with Crippen molar-refractivity contribution in [2.75, 3.05) is 26.1 Å². The van der Waals surface area contributed by atoms with E-state index in [9.17, 15) is 9.59 Å². The molecule has 0 aromatic rings. The second-order valence-corrected chi connectivity index (χ2v) is 4.42. The van der Waals surface area contributed by atoms with Gasteiger partial charge in [0.15, 0.2) is 0 Å². The van der Waals surface area contributed by atoms with Gasteiger partial charge in [-0.05, 0) is 13.2 Å². The highest BCUT2D eigenvalue weighted by molar-refractivity contribution is 7.99. The van der Waals surface area contributed by atoms with Crippen LogP contribution in [0.2, 0.25) is 0 Å². The van der Waals surface area contributed by atoms with Gasteiger partial charge in [-0.15, -0.1) is 0 Å². The largest absolute Gasteiger partial charge is 0.395 e. The number of carbonyl (C=O) groups is 2. The van der Waals surface area contributed by atoms with Gasteiger partial charge in [0.1, 0.15) is 13.2 Å². The van der Waals surface area contributed by atoms with Crippen molar-refractivity contribution in [1.29, 1.82) is 0 Å². The lowest BCUT2D eigenvalue weighted by atomic mass is 10.2. The van der Waals surface area contributed by atoms with Gasteiger partial charge >= 0.3 is 0 Å². The zero-order valence-electron chi connectivity index (χ0n) is 8.80. The Balaban J connectivity index is 2.74. The molecule has 1 heterocycles. The predicted octanol–water partition coefficient (Wildman–Crippen LogP) is -0.516. The van der Waals surface area contributed by atoms with Crippen LogP contribution in [0.3, 0.4) is 0 Å². The van der Waals surface area contributed by atoms with E-state index >= 15 is 0 Å². The van der Waals surface area contributed by atoms with Crippen molar-refractivity contribution in [1.82, 2.24) is 4.90 Å². The number of carbonyl (C=O) groups excluding carboxylic acids is 2. The fourth-order valence-electron chi connectivity index (χ4n) is 1.55. The first-order valence-electron chi connectivity index (χ1n) is 4.68. The van der Waals surface area contributed by atoms with Crippen molar-refractivity contribution in [2.24, 2.45) is 0 Å². The lowest BCUT2D eigenvalue weighted by Crippen LogP contribution is -2.54. The normalized spacial score (nSPS) is 21.7. The summed E-state index contributed by atoms with van der Waals surface area (Å²) >= 11 is 1.44. The van der Waals surface area contributed by atoms with Crippen LogP contribution in [0.4, 0.5) is 0 Å². The van der Waals surface area contributed by atoms with Gasteiger partial charge in [-0.2, -0.15) is 11.8 Å². The summed E-state index contributed by atoms with van der Waals surface area (Å²) in [5, 5.41) is 8.96. The smallest absolute Gasteiger partial charge is 0.255 e. The zero-order valence-corrected chi connectivity index (χ0v) is 9.62. The SMILES string of the molecule is CSC(CO)C(C)N1C(=O)COCC1=O. The molecule has 0 aliphatic carbocycles. The second kappa shape index (κ2) is 5.48. The van der Waals surface area contributed by atoms with Crippen LogP contribution in [0.25, 0.3) is 0 Å². The number of amides is 2. The number of aliphatic hydroxyl groups is 1. The van der Waals surface area contributed by atoms with Gasteiger partial charge in [-0.3, -0.25) is 14.5 Å². The summed E-state index contributed by atoms with van der Waals surface area (Å²) < 4.78 is 4.81. The van der Waals surface area contributed by atoms with Crippen LogP contribution >= 0.6 is 11.8 Å². The molecular formula is C9H15NO4S. The Bertz CT molecular complexity index is 238. The van der Waals surface area contributed by atoms with Crippen molar-refractivity contribution >= 4 is 23.6 Å². The molecule has 2 amide bonds. The highest BCUT2D eigenvalue weighted by Crippen LogP contribution is 2.18. The summed E-state index contributed by atoms with van der Waals surface area (Å²) in [6.07, 6.45) is 1.84. The number of hydrogen-bond acceptors (Lipinski definition) is 5. The van der Waals surface area contributed by atoms with Crippen LogP contribution in [0.5, 0.6) is 0 Å². The van der Waals surface area contributed by atoms with Crippen molar-refractivity contribution in [3.8, 4) is 0 Å². The summed E-state index contributed by atoms with van der Waals surface area (Å²) in [6, 6.07) is -0.297. The van der Waals surface area contributed by atoms with Crippen LogP contribution in [0.15, 0.2) is 0 Å². The lowest BCUT2D eigenvalue weighted by Gasteiger charge is -2.33. The van der Waals surface area contributed by atoms with Crippen LogP contribution in [0.1, 0.15) is 6.92 Å². The molecule has 2 unspecified atom stereocenters. The van der Waals surface area contributed by atoms with E-state index in [-0.39, 0.29) is 42.9 Å². The fourth-order valence-corrected chi connectivity index (χ4v) is 2.21. The summed E-state index contributed by atoms with van der Waals surface area (Å²) in [4.78, 5) is 24.1. The predicted molar refractivity (Wildman–Crippen MR) is 56.5 cm³/mol. The van der Waals surface area contributed by atoms with E-state index in [1.807, 2.05) is 6.26 Å². The summed E-state index contributed by atoms with van der Waals surface area (Å²) in [5.41, 5.74) is 0. The Hall–Kier alpha value is -0.590. The van der Waals surface area contributed by atoms with Crippen LogP contribution in [0, 0.1) is 0 Å². The zero-order chi connectivity index (χ0) is 11.4. The molecule has 5 nitrogen and oxygen atoms in total. The molecule has 0 aromatic carbocycles. The Kier molecular flexibility index (Phi) is 4.56. The maximum absolute atomic E-state index is 11.5. The molecular weight excluding hydrogens is 218 g/mol. The second-order valence-electron chi connectivity index (χ2n) is 3.35. The van der Waals surface area contributed by atoms with Gasteiger partial charge in [-0.1, -0.05) is 0 Å². The molecule has 0 spiro atoms. The van der Waals surface area contributed by atoms with Gasteiger partial charge in [0.05, 0.1) is 12.6 Å². The molecule has 1 fully saturated rings. The molecule has 0 aromatic heterocycles. The average molecular weight is 233 g/mol. The number of aliphatic hydroxyl groups excluding tert-OH is 1. The van der Waals surface area contributed by atoms with Crippen molar-refractivity contribution in [2.45, 2.75) is 18.2 Å². The Morgan fingerprint density at radius 1 is 1.47 bits per heavy atom. The van der Waals surface area contributed by atoms with E-state index in [4.69, 9.17) is 9.84 Å². The van der Waals surface area contributed by atoms with Crippen molar-refractivity contribution in [3.05, 3.63) is 0 Å². The number of hydrogen-bond donors (Lipinski definition) is 1. The third-order valence-electron chi connectivity index (χ3n) is 2.42. The first kappa shape index (κ1) is 12.5. The minimum absolute atomic E-state index is 0.0530. The summed E-state index contributed by atoms with van der Waals surface area (Å²) in [6.45, 7) is 1.60. The Labute approximate surface area is 92.8 Å². The molecule has 0 saturated carbocycles. The van der Waals surface area contributed by atoms with Crippen molar-refractivity contribution in [3.63, 3.8) is 0 Å². The first-order chi connectivity index (χ1) is 7.11. The Morgan fingerprint density at radius 3 is 2.40 bits per heavy atom. The van der Waals surface area contributed by atoms with Gasteiger partial charge in [-0.25, -0.2) is 0 Å². The maximum Gasteiger partial charge on any atom is 0.255 e. The standard InChI is InChI=1S/C9H15NO4S/c1-6(7(3-11)15-2)10-8(12)4-14-5-9(10)13/h6-7,11H,3-5H2,1-2H3. The number of rotatable bonds is 4. The van der Waals surface area contributed by atoms with E-state index in [0.717, 1.165) is 0 Å². The molecule has 6 heteroatoms. The van der Waals surface area contributed by atoms with Gasteiger partial charge in [0.25, 0.3) is 11.8 Å². The molecule has 15 heavy (non-hydrogen) atoms. The topological polar surface area (TPSA) is 66.8 Å². The number of imide groups is 1. The number of ether oxygens (including phenoxy) is 1. The Morgan fingerprint density at radius 2 is 2.00 bits per heavy atom. The molecule has 1 aliphatic rings. The minimum Gasteiger partial charge on any atom is -0.395 e. The quantitative estimate of drug-likeness (QED) is 0.662. The number of morpholine rings is 1. The molecule has 0 radical (unpaired) electrons. The third kappa shape index (κ3) is 2.70. The van der Waals surface area contributed by atoms with E-state index in [1.54, 1.807) is 6.92 Å². The van der Waals surface area contributed by atoms with E-state index < -0.39 is 0 Å². The summed E-state index contributed by atoms with van der Waals surface area (Å²) in [5.74, 6) is -0.655. The fraction of sp³-hybridized carbons (Fsp3) is 0.778.